The molecule has 1 saturated heterocycles. The molecule has 0 atom stereocenters. The zero-order chi connectivity index (χ0) is 18.1. The standard InChI is InChI=1S/C19H16F2N4O/c20-14-6-5-13(9-15(14)21)11-25-8-7-24(12-19(25)26)18-10-22-16-3-1-2-4-17(16)23-18/h1-6,9-10H,7-8,11-12H2. The number of carbonyl (C=O) groups is 1. The smallest absolute Gasteiger partial charge is 0.242 e. The lowest BCUT2D eigenvalue weighted by molar-refractivity contribution is -0.131. The summed E-state index contributed by atoms with van der Waals surface area (Å²) in [7, 11) is 0. The van der Waals surface area contributed by atoms with Crippen molar-refractivity contribution in [3.8, 4) is 0 Å². The van der Waals surface area contributed by atoms with Gasteiger partial charge in [-0.2, -0.15) is 0 Å². The molecule has 1 aromatic heterocycles. The number of benzene rings is 2. The number of nitrogens with zero attached hydrogens (tertiary/aromatic N) is 4. The molecule has 26 heavy (non-hydrogen) atoms. The van der Waals surface area contributed by atoms with Gasteiger partial charge in [0.2, 0.25) is 5.91 Å². The van der Waals surface area contributed by atoms with Crippen molar-refractivity contribution in [1.29, 1.82) is 0 Å². The van der Waals surface area contributed by atoms with E-state index in [2.05, 4.69) is 9.97 Å². The Morgan fingerprint density at radius 3 is 2.58 bits per heavy atom. The van der Waals surface area contributed by atoms with Crippen LogP contribution < -0.4 is 4.90 Å². The summed E-state index contributed by atoms with van der Waals surface area (Å²) in [5, 5.41) is 0. The molecule has 0 radical (unpaired) electrons. The van der Waals surface area contributed by atoms with Crippen molar-refractivity contribution in [2.45, 2.75) is 6.54 Å². The van der Waals surface area contributed by atoms with E-state index < -0.39 is 11.6 Å². The molecule has 5 nitrogen and oxygen atoms in total. The van der Waals surface area contributed by atoms with Crippen LogP contribution in [0.4, 0.5) is 14.6 Å². The predicted molar refractivity (Wildman–Crippen MR) is 93.5 cm³/mol. The van der Waals surface area contributed by atoms with Crippen molar-refractivity contribution in [2.75, 3.05) is 24.5 Å². The molecule has 2 aromatic carbocycles. The lowest BCUT2D eigenvalue weighted by atomic mass is 10.2. The van der Waals surface area contributed by atoms with Crippen LogP contribution in [-0.4, -0.2) is 40.4 Å². The molecule has 4 rings (SSSR count). The van der Waals surface area contributed by atoms with Crippen molar-refractivity contribution < 1.29 is 13.6 Å². The van der Waals surface area contributed by atoms with Gasteiger partial charge >= 0.3 is 0 Å². The van der Waals surface area contributed by atoms with Crippen molar-refractivity contribution in [2.24, 2.45) is 0 Å². The minimum absolute atomic E-state index is 0.0871. The Balaban J connectivity index is 1.47. The van der Waals surface area contributed by atoms with Gasteiger partial charge in [0.15, 0.2) is 11.6 Å². The van der Waals surface area contributed by atoms with E-state index in [-0.39, 0.29) is 19.0 Å². The number of amides is 1. The summed E-state index contributed by atoms with van der Waals surface area (Å²) < 4.78 is 26.4. The summed E-state index contributed by atoms with van der Waals surface area (Å²) in [5.74, 6) is -1.22. The molecular formula is C19H16F2N4O. The van der Waals surface area contributed by atoms with E-state index in [4.69, 9.17) is 0 Å². The molecule has 7 heteroatoms. The number of carbonyl (C=O) groups excluding carboxylic acids is 1. The molecule has 3 aromatic rings. The average molecular weight is 354 g/mol. The fourth-order valence-electron chi connectivity index (χ4n) is 3.03. The number of halogens is 2. The Kier molecular flexibility index (Phi) is 4.20. The molecule has 0 unspecified atom stereocenters. The first kappa shape index (κ1) is 16.4. The molecule has 132 valence electrons. The molecule has 1 amide bonds. The summed E-state index contributed by atoms with van der Waals surface area (Å²) in [4.78, 5) is 24.9. The SMILES string of the molecule is O=C1CN(c2cnc3ccccc3n2)CCN1Cc1ccc(F)c(F)c1. The minimum atomic E-state index is -0.903. The third kappa shape index (κ3) is 3.20. The molecule has 1 fully saturated rings. The maximum absolute atomic E-state index is 13.3. The molecule has 0 N–H and O–H groups in total. The van der Waals surface area contributed by atoms with Crippen LogP contribution >= 0.6 is 0 Å². The fraction of sp³-hybridized carbons (Fsp3) is 0.211. The maximum Gasteiger partial charge on any atom is 0.242 e. The average Bonchev–Trinajstić information content (AvgIpc) is 2.66. The predicted octanol–water partition coefficient (Wildman–Crippen LogP) is 2.76. The van der Waals surface area contributed by atoms with Gasteiger partial charge < -0.3 is 9.80 Å². The van der Waals surface area contributed by atoms with Gasteiger partial charge in [-0.15, -0.1) is 0 Å². The molecule has 1 aliphatic heterocycles. The number of fused-ring (bicyclic) bond motifs is 1. The summed E-state index contributed by atoms with van der Waals surface area (Å²) in [5.41, 5.74) is 2.15. The largest absolute Gasteiger partial charge is 0.344 e. The fourth-order valence-corrected chi connectivity index (χ4v) is 3.03. The quantitative estimate of drug-likeness (QED) is 0.726. The van der Waals surface area contributed by atoms with Crippen LogP contribution in [0.25, 0.3) is 11.0 Å². The van der Waals surface area contributed by atoms with Gasteiger partial charge in [0.1, 0.15) is 5.82 Å². The highest BCUT2D eigenvalue weighted by Gasteiger charge is 2.25. The third-order valence-electron chi connectivity index (χ3n) is 4.44. The van der Waals surface area contributed by atoms with Crippen LogP contribution in [-0.2, 0) is 11.3 Å². The van der Waals surface area contributed by atoms with Crippen LogP contribution in [0.5, 0.6) is 0 Å². The summed E-state index contributed by atoms with van der Waals surface area (Å²) >= 11 is 0. The van der Waals surface area contributed by atoms with E-state index in [1.165, 1.54) is 6.07 Å². The van der Waals surface area contributed by atoms with Gasteiger partial charge in [0, 0.05) is 19.6 Å². The zero-order valence-corrected chi connectivity index (χ0v) is 13.9. The van der Waals surface area contributed by atoms with Gasteiger partial charge in [-0.05, 0) is 29.8 Å². The number of hydrogen-bond acceptors (Lipinski definition) is 4. The molecular weight excluding hydrogens is 338 g/mol. The molecule has 0 bridgehead atoms. The van der Waals surface area contributed by atoms with Crippen LogP contribution in [0.2, 0.25) is 0 Å². The van der Waals surface area contributed by atoms with Crippen molar-refractivity contribution in [1.82, 2.24) is 14.9 Å². The number of hydrogen-bond donors (Lipinski definition) is 0. The van der Waals surface area contributed by atoms with Gasteiger partial charge in [0.25, 0.3) is 0 Å². The van der Waals surface area contributed by atoms with Crippen LogP contribution in [0.15, 0.2) is 48.7 Å². The van der Waals surface area contributed by atoms with Crippen LogP contribution in [0.1, 0.15) is 5.56 Å². The molecule has 0 aliphatic carbocycles. The van der Waals surface area contributed by atoms with E-state index in [1.807, 2.05) is 29.2 Å². The summed E-state index contributed by atoms with van der Waals surface area (Å²) in [6, 6.07) is 11.3. The Labute approximate surface area is 148 Å². The first-order chi connectivity index (χ1) is 12.6. The highest BCUT2D eigenvalue weighted by molar-refractivity contribution is 5.83. The van der Waals surface area contributed by atoms with Crippen molar-refractivity contribution >= 4 is 22.8 Å². The lowest BCUT2D eigenvalue weighted by Gasteiger charge is -2.35. The number of aromatic nitrogens is 2. The molecule has 0 spiro atoms. The van der Waals surface area contributed by atoms with Gasteiger partial charge in [0.05, 0.1) is 23.8 Å². The van der Waals surface area contributed by atoms with Crippen molar-refractivity contribution in [3.05, 3.63) is 65.9 Å². The molecule has 0 saturated carbocycles. The maximum atomic E-state index is 13.3. The molecule has 2 heterocycles. The summed E-state index contributed by atoms with van der Waals surface area (Å²) in [6.07, 6.45) is 1.67. The van der Waals surface area contributed by atoms with E-state index in [9.17, 15) is 13.6 Å². The Morgan fingerprint density at radius 2 is 1.81 bits per heavy atom. The zero-order valence-electron chi connectivity index (χ0n) is 13.9. The number of para-hydroxylation sites is 2. The second-order valence-corrected chi connectivity index (χ2v) is 6.20. The van der Waals surface area contributed by atoms with E-state index in [1.54, 1.807) is 11.1 Å². The topological polar surface area (TPSA) is 49.3 Å². The molecule has 1 aliphatic rings. The minimum Gasteiger partial charge on any atom is -0.344 e. The van der Waals surface area contributed by atoms with Gasteiger partial charge in [-0.1, -0.05) is 18.2 Å². The highest BCUT2D eigenvalue weighted by Crippen LogP contribution is 2.19. The first-order valence-corrected chi connectivity index (χ1v) is 8.28. The van der Waals surface area contributed by atoms with E-state index in [0.717, 1.165) is 23.2 Å². The normalized spacial score (nSPS) is 14.9. The Morgan fingerprint density at radius 1 is 1.00 bits per heavy atom. The van der Waals surface area contributed by atoms with Crippen molar-refractivity contribution in [3.63, 3.8) is 0 Å². The second kappa shape index (κ2) is 6.67. The lowest BCUT2D eigenvalue weighted by Crippen LogP contribution is -2.50. The number of anilines is 1. The third-order valence-corrected chi connectivity index (χ3v) is 4.44. The second-order valence-electron chi connectivity index (χ2n) is 6.20. The van der Waals surface area contributed by atoms with Gasteiger partial charge in [-0.3, -0.25) is 9.78 Å². The summed E-state index contributed by atoms with van der Waals surface area (Å²) in [6.45, 7) is 1.51. The van der Waals surface area contributed by atoms with Crippen LogP contribution in [0, 0.1) is 11.6 Å². The first-order valence-electron chi connectivity index (χ1n) is 8.28. The van der Waals surface area contributed by atoms with E-state index in [0.29, 0.717) is 24.5 Å². The highest BCUT2D eigenvalue weighted by atomic mass is 19.2. The monoisotopic (exact) mass is 354 g/mol. The Hall–Kier alpha value is -3.09. The Bertz CT molecular complexity index is 979. The number of rotatable bonds is 3. The van der Waals surface area contributed by atoms with E-state index >= 15 is 0 Å². The number of piperazine rings is 1. The van der Waals surface area contributed by atoms with Crippen LogP contribution in [0.3, 0.4) is 0 Å². The van der Waals surface area contributed by atoms with Gasteiger partial charge in [-0.25, -0.2) is 13.8 Å².